The average Bonchev–Trinajstić information content (AvgIpc) is 3.32. The van der Waals surface area contributed by atoms with Gasteiger partial charge in [0.15, 0.2) is 0 Å². The monoisotopic (exact) mass is 433 g/mol. The van der Waals surface area contributed by atoms with Gasteiger partial charge in [0.2, 0.25) is 0 Å². The summed E-state index contributed by atoms with van der Waals surface area (Å²) in [6, 6.07) is 11.4. The molecule has 0 spiro atoms. The molecule has 0 saturated heterocycles. The lowest BCUT2D eigenvalue weighted by atomic mass is 10.2. The van der Waals surface area contributed by atoms with Crippen LogP contribution < -0.4 is 5.32 Å². The van der Waals surface area contributed by atoms with Crippen molar-refractivity contribution in [2.75, 3.05) is 5.32 Å². The number of nitrogens with one attached hydrogen (secondary N) is 1. The number of anilines is 1. The van der Waals surface area contributed by atoms with Crippen LogP contribution in [0.25, 0.3) is 0 Å². The number of imidazole rings is 1. The molecule has 3 heterocycles. The van der Waals surface area contributed by atoms with E-state index < -0.39 is 0 Å². The van der Waals surface area contributed by atoms with Gasteiger partial charge in [0.25, 0.3) is 5.91 Å². The third-order valence-corrected chi connectivity index (χ3v) is 6.07. The molecule has 0 atom stereocenters. The zero-order chi connectivity index (χ0) is 21.8. The number of thioether (sulfide) groups is 1. The molecule has 0 bridgehead atoms. The van der Waals surface area contributed by atoms with E-state index >= 15 is 0 Å². The average molecular weight is 434 g/mol. The van der Waals surface area contributed by atoms with Crippen LogP contribution in [0.2, 0.25) is 0 Å². The minimum absolute atomic E-state index is 0.187. The molecule has 0 fully saturated rings. The van der Waals surface area contributed by atoms with Crippen LogP contribution >= 0.6 is 11.8 Å². The molecular formula is C23H23N5O2S. The first-order valence-electron chi connectivity index (χ1n) is 9.89. The van der Waals surface area contributed by atoms with Gasteiger partial charge in [-0.05, 0) is 50.6 Å². The lowest BCUT2D eigenvalue weighted by Crippen LogP contribution is -2.13. The molecule has 0 saturated carbocycles. The topological polar surface area (TPSA) is 85.8 Å². The highest BCUT2D eigenvalue weighted by Crippen LogP contribution is 2.27. The van der Waals surface area contributed by atoms with Crippen molar-refractivity contribution in [3.8, 4) is 0 Å². The summed E-state index contributed by atoms with van der Waals surface area (Å²) in [6.45, 7) is 6.52. The third-order valence-electron chi connectivity index (χ3n) is 5.04. The van der Waals surface area contributed by atoms with E-state index in [1.807, 2.05) is 51.2 Å². The van der Waals surface area contributed by atoms with Crippen LogP contribution in [-0.2, 0) is 12.3 Å². The van der Waals surface area contributed by atoms with Gasteiger partial charge in [0.05, 0.1) is 11.3 Å². The van der Waals surface area contributed by atoms with Crippen LogP contribution in [0, 0.1) is 20.8 Å². The first-order chi connectivity index (χ1) is 15.0. The standard InChI is InChI=1S/C23H23N5O2S/c1-15-21(16(2)30-27-15)14-31-23-20(5-4-10-25-23)22(29)26-19-8-6-18(7-9-19)13-28-12-11-24-17(28)3/h4-12H,13-14H2,1-3H3,(H,26,29). The molecule has 3 aromatic heterocycles. The minimum Gasteiger partial charge on any atom is -0.361 e. The number of benzene rings is 1. The maximum Gasteiger partial charge on any atom is 0.258 e. The summed E-state index contributed by atoms with van der Waals surface area (Å²) in [5.41, 5.74) is 4.30. The number of carbonyl (C=O) groups is 1. The maximum absolute atomic E-state index is 12.9. The Kier molecular flexibility index (Phi) is 6.18. The lowest BCUT2D eigenvalue weighted by Gasteiger charge is -2.10. The van der Waals surface area contributed by atoms with Crippen molar-refractivity contribution in [2.24, 2.45) is 0 Å². The number of rotatable bonds is 7. The molecule has 7 nitrogen and oxygen atoms in total. The lowest BCUT2D eigenvalue weighted by molar-refractivity contribution is 0.102. The molecule has 1 aromatic carbocycles. The molecule has 0 radical (unpaired) electrons. The summed E-state index contributed by atoms with van der Waals surface area (Å²) in [5, 5.41) is 7.63. The van der Waals surface area contributed by atoms with E-state index in [-0.39, 0.29) is 5.91 Å². The molecule has 1 amide bonds. The summed E-state index contributed by atoms with van der Waals surface area (Å²) in [7, 11) is 0. The Morgan fingerprint density at radius 2 is 1.90 bits per heavy atom. The van der Waals surface area contributed by atoms with Crippen LogP contribution in [0.15, 0.2) is 64.5 Å². The largest absolute Gasteiger partial charge is 0.361 e. The number of aromatic nitrogens is 4. The highest BCUT2D eigenvalue weighted by atomic mass is 32.2. The van der Waals surface area contributed by atoms with Crippen LogP contribution in [0.3, 0.4) is 0 Å². The molecular weight excluding hydrogens is 410 g/mol. The number of nitrogens with zero attached hydrogens (tertiary/aromatic N) is 4. The quantitative estimate of drug-likeness (QED) is 0.422. The Morgan fingerprint density at radius 3 is 2.58 bits per heavy atom. The molecule has 0 aliphatic carbocycles. The fraction of sp³-hybridized carbons (Fsp3) is 0.217. The van der Waals surface area contributed by atoms with Crippen molar-refractivity contribution in [1.29, 1.82) is 0 Å². The predicted molar refractivity (Wildman–Crippen MR) is 120 cm³/mol. The van der Waals surface area contributed by atoms with Gasteiger partial charge in [-0.1, -0.05) is 17.3 Å². The number of hydrogen-bond donors (Lipinski definition) is 1. The normalized spacial score (nSPS) is 10.9. The van der Waals surface area contributed by atoms with Crippen LogP contribution in [-0.4, -0.2) is 25.6 Å². The molecule has 158 valence electrons. The van der Waals surface area contributed by atoms with Crippen LogP contribution in [0.4, 0.5) is 5.69 Å². The first-order valence-corrected chi connectivity index (χ1v) is 10.9. The number of hydrogen-bond acceptors (Lipinski definition) is 6. The van der Waals surface area contributed by atoms with Gasteiger partial charge >= 0.3 is 0 Å². The zero-order valence-corrected chi connectivity index (χ0v) is 18.4. The SMILES string of the molecule is Cc1noc(C)c1CSc1ncccc1C(=O)Nc1ccc(Cn2ccnc2C)cc1. The van der Waals surface area contributed by atoms with E-state index in [9.17, 15) is 4.79 Å². The van der Waals surface area contributed by atoms with E-state index in [0.29, 0.717) is 16.3 Å². The fourth-order valence-corrected chi connectivity index (χ4v) is 4.33. The van der Waals surface area contributed by atoms with E-state index in [1.165, 1.54) is 11.8 Å². The number of pyridine rings is 1. The van der Waals surface area contributed by atoms with Crippen molar-refractivity contribution < 1.29 is 9.32 Å². The molecule has 31 heavy (non-hydrogen) atoms. The Labute approximate surface area is 184 Å². The highest BCUT2D eigenvalue weighted by Gasteiger charge is 2.16. The molecule has 0 unspecified atom stereocenters. The van der Waals surface area contributed by atoms with Crippen LogP contribution in [0.5, 0.6) is 0 Å². The fourth-order valence-electron chi connectivity index (χ4n) is 3.19. The van der Waals surface area contributed by atoms with Gasteiger partial charge in [-0.25, -0.2) is 9.97 Å². The van der Waals surface area contributed by atoms with E-state index in [1.54, 1.807) is 24.5 Å². The second kappa shape index (κ2) is 9.18. The first kappa shape index (κ1) is 20.9. The van der Waals surface area contributed by atoms with Gasteiger partial charge in [-0.3, -0.25) is 4.79 Å². The summed E-state index contributed by atoms with van der Waals surface area (Å²) in [6.07, 6.45) is 5.44. The molecule has 4 rings (SSSR count). The van der Waals surface area contributed by atoms with Crippen molar-refractivity contribution >= 4 is 23.4 Å². The van der Waals surface area contributed by atoms with Crippen molar-refractivity contribution in [3.05, 3.63) is 89.0 Å². The maximum atomic E-state index is 12.9. The second-order valence-corrected chi connectivity index (χ2v) is 8.16. The van der Waals surface area contributed by atoms with Gasteiger partial charge < -0.3 is 14.4 Å². The number of amides is 1. The summed E-state index contributed by atoms with van der Waals surface area (Å²) in [4.78, 5) is 21.6. The van der Waals surface area contributed by atoms with E-state index in [4.69, 9.17) is 4.52 Å². The second-order valence-electron chi connectivity index (χ2n) is 7.20. The number of aryl methyl sites for hydroxylation is 3. The van der Waals surface area contributed by atoms with Crippen molar-refractivity contribution in [3.63, 3.8) is 0 Å². The van der Waals surface area contributed by atoms with Crippen LogP contribution in [0.1, 0.15) is 38.8 Å². The Balaban J connectivity index is 1.43. The summed E-state index contributed by atoms with van der Waals surface area (Å²) in [5.74, 6) is 2.21. The third kappa shape index (κ3) is 4.86. The number of carbonyl (C=O) groups excluding carboxylic acids is 1. The van der Waals surface area contributed by atoms with Gasteiger partial charge in [0, 0.05) is 42.1 Å². The van der Waals surface area contributed by atoms with Crippen molar-refractivity contribution in [1.82, 2.24) is 19.7 Å². The Bertz CT molecular complexity index is 1180. The van der Waals surface area contributed by atoms with Crippen molar-refractivity contribution in [2.45, 2.75) is 38.1 Å². The Morgan fingerprint density at radius 1 is 1.10 bits per heavy atom. The predicted octanol–water partition coefficient (Wildman–Crippen LogP) is 4.78. The zero-order valence-electron chi connectivity index (χ0n) is 17.6. The molecule has 0 aliphatic rings. The van der Waals surface area contributed by atoms with Gasteiger partial charge in [0.1, 0.15) is 16.6 Å². The van der Waals surface area contributed by atoms with Gasteiger partial charge in [-0.2, -0.15) is 0 Å². The molecule has 4 aromatic rings. The summed E-state index contributed by atoms with van der Waals surface area (Å²) >= 11 is 1.50. The van der Waals surface area contributed by atoms with Gasteiger partial charge in [-0.15, -0.1) is 11.8 Å². The Hall–Kier alpha value is -3.39. The van der Waals surface area contributed by atoms with E-state index in [2.05, 4.69) is 25.0 Å². The minimum atomic E-state index is -0.187. The molecule has 1 N–H and O–H groups in total. The van der Waals surface area contributed by atoms with E-state index in [0.717, 1.165) is 40.6 Å². The molecule has 0 aliphatic heterocycles. The smallest absolute Gasteiger partial charge is 0.258 e. The summed E-state index contributed by atoms with van der Waals surface area (Å²) < 4.78 is 7.30. The highest BCUT2D eigenvalue weighted by molar-refractivity contribution is 7.98. The molecule has 8 heteroatoms.